The van der Waals surface area contributed by atoms with E-state index in [1.165, 1.54) is 6.92 Å². The second-order valence-corrected chi connectivity index (χ2v) is 3.35. The molecule has 2 atom stereocenters. The molecule has 0 saturated heterocycles. The Bertz CT molecular complexity index is 346. The molecule has 1 aromatic carbocycles. The second-order valence-electron chi connectivity index (χ2n) is 3.35. The zero-order valence-corrected chi connectivity index (χ0v) is 8.68. The molecule has 0 aliphatic rings. The Morgan fingerprint density at radius 2 is 2.07 bits per heavy atom. The van der Waals surface area contributed by atoms with Crippen LogP contribution in [-0.4, -0.2) is 22.3 Å². The number of ether oxygens (including phenoxy) is 1. The highest BCUT2D eigenvalue weighted by Crippen LogP contribution is 2.19. The fourth-order valence-electron chi connectivity index (χ4n) is 1.10. The monoisotopic (exact) mass is 210 g/mol. The third kappa shape index (κ3) is 3.25. The van der Waals surface area contributed by atoms with Gasteiger partial charge in [-0.25, -0.2) is 4.79 Å². The summed E-state index contributed by atoms with van der Waals surface area (Å²) in [5, 5.41) is 18.0. The summed E-state index contributed by atoms with van der Waals surface area (Å²) in [4.78, 5) is 10.5. The van der Waals surface area contributed by atoms with Gasteiger partial charge in [-0.05, 0) is 31.5 Å². The Kier molecular flexibility index (Phi) is 3.68. The van der Waals surface area contributed by atoms with Gasteiger partial charge in [0.25, 0.3) is 0 Å². The topological polar surface area (TPSA) is 66.8 Å². The molecule has 1 unspecified atom stereocenters. The van der Waals surface area contributed by atoms with Crippen molar-refractivity contribution in [2.24, 2.45) is 0 Å². The number of hydrogen-bond acceptors (Lipinski definition) is 3. The molecule has 0 bridgehead atoms. The summed E-state index contributed by atoms with van der Waals surface area (Å²) in [5.74, 6) is -0.569. The largest absolute Gasteiger partial charge is 0.479 e. The zero-order chi connectivity index (χ0) is 11.4. The lowest BCUT2D eigenvalue weighted by Gasteiger charge is -2.12. The number of benzene rings is 1. The second kappa shape index (κ2) is 4.79. The van der Waals surface area contributed by atoms with Crippen LogP contribution >= 0.6 is 0 Å². The van der Waals surface area contributed by atoms with Crippen LogP contribution in [0.15, 0.2) is 24.3 Å². The minimum absolute atomic E-state index is 0.448. The van der Waals surface area contributed by atoms with Gasteiger partial charge in [-0.2, -0.15) is 0 Å². The molecule has 2 N–H and O–H groups in total. The van der Waals surface area contributed by atoms with Crippen molar-refractivity contribution >= 4 is 5.97 Å². The lowest BCUT2D eigenvalue weighted by Crippen LogP contribution is -2.22. The van der Waals surface area contributed by atoms with Crippen LogP contribution in [0.4, 0.5) is 0 Å². The van der Waals surface area contributed by atoms with Crippen molar-refractivity contribution in [1.82, 2.24) is 0 Å². The molecule has 4 nitrogen and oxygen atoms in total. The first-order valence-electron chi connectivity index (χ1n) is 4.68. The summed E-state index contributed by atoms with van der Waals surface area (Å²) in [6.07, 6.45) is -1.48. The summed E-state index contributed by atoms with van der Waals surface area (Å²) in [5.41, 5.74) is 0.699. The van der Waals surface area contributed by atoms with E-state index in [1.54, 1.807) is 31.2 Å². The lowest BCUT2D eigenvalue weighted by molar-refractivity contribution is -0.144. The van der Waals surface area contributed by atoms with Crippen LogP contribution in [0.1, 0.15) is 25.5 Å². The maximum Gasteiger partial charge on any atom is 0.344 e. The van der Waals surface area contributed by atoms with Gasteiger partial charge in [-0.15, -0.1) is 0 Å². The normalized spacial score (nSPS) is 14.3. The van der Waals surface area contributed by atoms with E-state index in [9.17, 15) is 9.90 Å². The Labute approximate surface area is 88.1 Å². The van der Waals surface area contributed by atoms with Gasteiger partial charge in [0.1, 0.15) is 5.75 Å². The molecule has 0 saturated carbocycles. The van der Waals surface area contributed by atoms with E-state index < -0.39 is 18.2 Å². The fraction of sp³-hybridized carbons (Fsp3) is 0.364. The summed E-state index contributed by atoms with van der Waals surface area (Å²) < 4.78 is 5.16. The van der Waals surface area contributed by atoms with E-state index in [0.29, 0.717) is 11.3 Å². The Hall–Kier alpha value is -1.55. The van der Waals surface area contributed by atoms with Gasteiger partial charge in [0.2, 0.25) is 0 Å². The summed E-state index contributed by atoms with van der Waals surface area (Å²) in [6.45, 7) is 3.09. The average Bonchev–Trinajstić information content (AvgIpc) is 2.18. The molecule has 0 aromatic heterocycles. The molecule has 0 amide bonds. The van der Waals surface area contributed by atoms with E-state index in [2.05, 4.69) is 0 Å². The van der Waals surface area contributed by atoms with E-state index in [-0.39, 0.29) is 0 Å². The first-order chi connectivity index (χ1) is 7.00. The van der Waals surface area contributed by atoms with Crippen LogP contribution in [0.3, 0.4) is 0 Å². The van der Waals surface area contributed by atoms with Crippen LogP contribution < -0.4 is 4.74 Å². The smallest absolute Gasteiger partial charge is 0.344 e. The molecule has 0 fully saturated rings. The maximum absolute atomic E-state index is 10.5. The van der Waals surface area contributed by atoms with Gasteiger partial charge >= 0.3 is 5.97 Å². The Balaban J connectivity index is 2.78. The number of aliphatic hydroxyl groups is 1. The summed E-state index contributed by atoms with van der Waals surface area (Å²) >= 11 is 0. The average molecular weight is 210 g/mol. The highest BCUT2D eigenvalue weighted by molar-refractivity contribution is 5.72. The molecule has 4 heteroatoms. The van der Waals surface area contributed by atoms with E-state index in [4.69, 9.17) is 9.84 Å². The predicted molar refractivity (Wildman–Crippen MR) is 54.8 cm³/mol. The molecule has 0 aliphatic heterocycles. The van der Waals surface area contributed by atoms with Crippen molar-refractivity contribution in [3.05, 3.63) is 29.8 Å². The van der Waals surface area contributed by atoms with Crippen LogP contribution in [0.25, 0.3) is 0 Å². The minimum atomic E-state index is -1.02. The molecule has 1 rings (SSSR count). The van der Waals surface area contributed by atoms with Crippen LogP contribution in [0.5, 0.6) is 5.75 Å². The van der Waals surface area contributed by atoms with Crippen LogP contribution in [0.2, 0.25) is 0 Å². The zero-order valence-electron chi connectivity index (χ0n) is 8.68. The number of rotatable bonds is 4. The van der Waals surface area contributed by atoms with E-state index >= 15 is 0 Å². The molecule has 0 heterocycles. The predicted octanol–water partition coefficient (Wildman–Crippen LogP) is 1.59. The first kappa shape index (κ1) is 11.5. The van der Waals surface area contributed by atoms with E-state index in [1.807, 2.05) is 0 Å². The highest BCUT2D eigenvalue weighted by atomic mass is 16.5. The Morgan fingerprint density at radius 3 is 2.60 bits per heavy atom. The molecule has 0 radical (unpaired) electrons. The van der Waals surface area contributed by atoms with Crippen molar-refractivity contribution in [2.75, 3.05) is 0 Å². The number of carboxylic acids is 1. The van der Waals surface area contributed by atoms with Gasteiger partial charge in [0, 0.05) is 0 Å². The van der Waals surface area contributed by atoms with Gasteiger partial charge in [-0.1, -0.05) is 12.1 Å². The molecule has 0 aliphatic carbocycles. The number of aliphatic hydroxyl groups excluding tert-OH is 1. The quantitative estimate of drug-likeness (QED) is 0.792. The lowest BCUT2D eigenvalue weighted by atomic mass is 10.1. The summed E-state index contributed by atoms with van der Waals surface area (Å²) in [6, 6.07) is 6.75. The highest BCUT2D eigenvalue weighted by Gasteiger charge is 2.12. The van der Waals surface area contributed by atoms with Gasteiger partial charge < -0.3 is 14.9 Å². The third-order valence-electron chi connectivity index (χ3n) is 2.00. The molecular formula is C11H14O4. The van der Waals surface area contributed by atoms with Crippen molar-refractivity contribution in [3.63, 3.8) is 0 Å². The van der Waals surface area contributed by atoms with Gasteiger partial charge in [-0.3, -0.25) is 0 Å². The van der Waals surface area contributed by atoms with Crippen LogP contribution in [0, 0.1) is 0 Å². The first-order valence-corrected chi connectivity index (χ1v) is 4.68. The van der Waals surface area contributed by atoms with Gasteiger partial charge in [0.05, 0.1) is 6.10 Å². The number of carboxylic acid groups (broad SMARTS) is 1. The minimum Gasteiger partial charge on any atom is -0.479 e. The molecule has 15 heavy (non-hydrogen) atoms. The van der Waals surface area contributed by atoms with Crippen molar-refractivity contribution in [3.8, 4) is 5.75 Å². The van der Waals surface area contributed by atoms with Gasteiger partial charge in [0.15, 0.2) is 6.10 Å². The standard InChI is InChI=1S/C11H14O4/c1-7(12)9-4-3-5-10(6-9)15-8(2)11(13)14/h3-8,12H,1-2H3,(H,13,14)/t7-,8?/m1/s1. The molecule has 82 valence electrons. The number of aliphatic carboxylic acids is 1. The fourth-order valence-corrected chi connectivity index (χ4v) is 1.10. The number of hydrogen-bond donors (Lipinski definition) is 2. The maximum atomic E-state index is 10.5. The van der Waals surface area contributed by atoms with Crippen molar-refractivity contribution < 1.29 is 19.7 Å². The van der Waals surface area contributed by atoms with Crippen molar-refractivity contribution in [1.29, 1.82) is 0 Å². The molecule has 1 aromatic rings. The van der Waals surface area contributed by atoms with Crippen molar-refractivity contribution in [2.45, 2.75) is 26.1 Å². The third-order valence-corrected chi connectivity index (χ3v) is 2.00. The van der Waals surface area contributed by atoms with Crippen LogP contribution in [-0.2, 0) is 4.79 Å². The van der Waals surface area contributed by atoms with E-state index in [0.717, 1.165) is 0 Å². The number of carbonyl (C=O) groups is 1. The molecular weight excluding hydrogens is 196 g/mol. The SMILES string of the molecule is CC(Oc1cccc([C@@H](C)O)c1)C(=O)O. The Morgan fingerprint density at radius 1 is 1.40 bits per heavy atom. The molecule has 0 spiro atoms. The summed E-state index contributed by atoms with van der Waals surface area (Å²) in [7, 11) is 0.